The topological polar surface area (TPSA) is 46.5 Å². The summed E-state index contributed by atoms with van der Waals surface area (Å²) in [5.41, 5.74) is -0.0946. The van der Waals surface area contributed by atoms with Gasteiger partial charge in [0.05, 0.1) is 6.61 Å². The first-order valence-corrected chi connectivity index (χ1v) is 5.15. The average molecular weight is 277 g/mol. The molecule has 0 aliphatic rings. The van der Waals surface area contributed by atoms with E-state index in [-0.39, 0.29) is 12.2 Å². The smallest absolute Gasteiger partial charge is 0.339 e. The van der Waals surface area contributed by atoms with Crippen LogP contribution in [-0.4, -0.2) is 17.7 Å². The number of carbonyl (C=O) groups excluding carboxylic acids is 1. The molecule has 1 rings (SSSR count). The molecule has 0 aromatic heterocycles. The van der Waals surface area contributed by atoms with Gasteiger partial charge in [0.2, 0.25) is 0 Å². The molecular formula is C10H10BrFO3. The van der Waals surface area contributed by atoms with Gasteiger partial charge in [-0.3, -0.25) is 0 Å². The second kappa shape index (κ2) is 5.23. The third kappa shape index (κ3) is 3.00. The molecular weight excluding hydrogens is 267 g/mol. The van der Waals surface area contributed by atoms with Crippen LogP contribution in [0.4, 0.5) is 4.39 Å². The third-order valence-electron chi connectivity index (χ3n) is 1.76. The zero-order chi connectivity index (χ0) is 11.4. The van der Waals surface area contributed by atoms with Crippen LogP contribution in [-0.2, 0) is 9.53 Å². The lowest BCUT2D eigenvalue weighted by atomic mass is 10.1. The minimum Gasteiger partial charge on any atom is -0.464 e. The summed E-state index contributed by atoms with van der Waals surface area (Å²) < 4.78 is 18.4. The molecule has 0 aliphatic heterocycles. The van der Waals surface area contributed by atoms with Gasteiger partial charge in [-0.25, -0.2) is 9.18 Å². The lowest BCUT2D eigenvalue weighted by Gasteiger charge is -2.10. The summed E-state index contributed by atoms with van der Waals surface area (Å²) in [4.78, 5) is 11.2. The van der Waals surface area contributed by atoms with Gasteiger partial charge in [0, 0.05) is 10.0 Å². The zero-order valence-electron chi connectivity index (χ0n) is 8.04. The normalized spacial score (nSPS) is 12.3. The third-order valence-corrected chi connectivity index (χ3v) is 2.26. The monoisotopic (exact) mass is 276 g/mol. The Bertz CT molecular complexity index is 368. The van der Waals surface area contributed by atoms with E-state index in [1.807, 2.05) is 0 Å². The minimum atomic E-state index is -1.58. The predicted octanol–water partition coefficient (Wildman–Crippen LogP) is 2.18. The lowest BCUT2D eigenvalue weighted by Crippen LogP contribution is -2.16. The van der Waals surface area contributed by atoms with Crippen molar-refractivity contribution in [3.63, 3.8) is 0 Å². The van der Waals surface area contributed by atoms with Crippen LogP contribution >= 0.6 is 15.9 Å². The van der Waals surface area contributed by atoms with Gasteiger partial charge >= 0.3 is 5.97 Å². The molecule has 3 nitrogen and oxygen atoms in total. The SMILES string of the molecule is CCOC(=O)C(O)c1cc(Br)ccc1F. The van der Waals surface area contributed by atoms with Crippen LogP contribution in [0, 0.1) is 5.82 Å². The number of hydrogen-bond acceptors (Lipinski definition) is 3. The number of halogens is 2. The van der Waals surface area contributed by atoms with Crippen molar-refractivity contribution in [3.05, 3.63) is 34.1 Å². The van der Waals surface area contributed by atoms with Gasteiger partial charge in [0.1, 0.15) is 5.82 Å². The van der Waals surface area contributed by atoms with Crippen LogP contribution in [0.2, 0.25) is 0 Å². The van der Waals surface area contributed by atoms with Gasteiger partial charge in [0.15, 0.2) is 6.10 Å². The molecule has 1 unspecified atom stereocenters. The molecule has 1 aromatic carbocycles. The van der Waals surface area contributed by atoms with Crippen LogP contribution in [0.15, 0.2) is 22.7 Å². The van der Waals surface area contributed by atoms with E-state index in [4.69, 9.17) is 0 Å². The summed E-state index contributed by atoms with van der Waals surface area (Å²) in [7, 11) is 0. The Morgan fingerprint density at radius 2 is 2.33 bits per heavy atom. The number of benzene rings is 1. The van der Waals surface area contributed by atoms with Crippen LogP contribution in [0.5, 0.6) is 0 Å². The van der Waals surface area contributed by atoms with Gasteiger partial charge in [-0.15, -0.1) is 0 Å². The molecule has 0 heterocycles. The maximum Gasteiger partial charge on any atom is 0.339 e. The van der Waals surface area contributed by atoms with Gasteiger partial charge < -0.3 is 9.84 Å². The first-order chi connectivity index (χ1) is 7.06. The van der Waals surface area contributed by atoms with Gasteiger partial charge in [-0.1, -0.05) is 15.9 Å². The van der Waals surface area contributed by atoms with Crippen molar-refractivity contribution >= 4 is 21.9 Å². The molecule has 0 radical (unpaired) electrons. The second-order valence-electron chi connectivity index (χ2n) is 2.82. The standard InChI is InChI=1S/C10H10BrFO3/c1-2-15-10(14)9(13)7-5-6(11)3-4-8(7)12/h3-5,9,13H,2H2,1H3. The first kappa shape index (κ1) is 12.1. The number of carbonyl (C=O) groups is 1. The van der Waals surface area contributed by atoms with E-state index in [2.05, 4.69) is 20.7 Å². The van der Waals surface area contributed by atoms with E-state index >= 15 is 0 Å². The maximum atomic E-state index is 13.2. The fraction of sp³-hybridized carbons (Fsp3) is 0.300. The number of esters is 1. The number of ether oxygens (including phenoxy) is 1. The second-order valence-corrected chi connectivity index (χ2v) is 3.74. The Balaban J connectivity index is 2.94. The largest absolute Gasteiger partial charge is 0.464 e. The van der Waals surface area contributed by atoms with E-state index in [0.29, 0.717) is 4.47 Å². The Morgan fingerprint density at radius 1 is 1.67 bits per heavy atom. The summed E-state index contributed by atoms with van der Waals surface area (Å²) in [5.74, 6) is -1.49. The average Bonchev–Trinajstić information content (AvgIpc) is 2.21. The van der Waals surface area contributed by atoms with Crippen molar-refractivity contribution in [1.82, 2.24) is 0 Å². The molecule has 0 saturated heterocycles. The van der Waals surface area contributed by atoms with Crippen molar-refractivity contribution in [2.24, 2.45) is 0 Å². The molecule has 1 atom stereocenters. The molecule has 1 N–H and O–H groups in total. The van der Waals surface area contributed by atoms with Crippen LogP contribution in [0.1, 0.15) is 18.6 Å². The van der Waals surface area contributed by atoms with Crippen molar-refractivity contribution in [2.75, 3.05) is 6.61 Å². The van der Waals surface area contributed by atoms with Crippen molar-refractivity contribution in [1.29, 1.82) is 0 Å². The van der Waals surface area contributed by atoms with E-state index in [1.165, 1.54) is 18.2 Å². The first-order valence-electron chi connectivity index (χ1n) is 4.36. The minimum absolute atomic E-state index is 0.0946. The van der Waals surface area contributed by atoms with E-state index in [0.717, 1.165) is 0 Å². The Hall–Kier alpha value is -0.940. The van der Waals surface area contributed by atoms with E-state index in [9.17, 15) is 14.3 Å². The number of aliphatic hydroxyl groups is 1. The number of rotatable bonds is 3. The highest BCUT2D eigenvalue weighted by molar-refractivity contribution is 9.10. The predicted molar refractivity (Wildman–Crippen MR) is 55.7 cm³/mol. The number of hydrogen-bond donors (Lipinski definition) is 1. The van der Waals surface area contributed by atoms with Crippen LogP contribution in [0.3, 0.4) is 0 Å². The quantitative estimate of drug-likeness (QED) is 0.861. The van der Waals surface area contributed by atoms with E-state index in [1.54, 1.807) is 6.92 Å². The molecule has 0 amide bonds. The highest BCUT2D eigenvalue weighted by Gasteiger charge is 2.22. The van der Waals surface area contributed by atoms with Gasteiger partial charge in [-0.2, -0.15) is 0 Å². The fourth-order valence-electron chi connectivity index (χ4n) is 1.07. The summed E-state index contributed by atoms with van der Waals surface area (Å²) in [6.07, 6.45) is -1.58. The van der Waals surface area contributed by atoms with Crippen molar-refractivity contribution in [2.45, 2.75) is 13.0 Å². The molecule has 5 heteroatoms. The highest BCUT2D eigenvalue weighted by Crippen LogP contribution is 2.22. The van der Waals surface area contributed by atoms with Crippen molar-refractivity contribution < 1.29 is 19.0 Å². The summed E-state index contributed by atoms with van der Waals surface area (Å²) in [6, 6.07) is 4.00. The number of aliphatic hydroxyl groups excluding tert-OH is 1. The Morgan fingerprint density at radius 3 is 2.93 bits per heavy atom. The molecule has 82 valence electrons. The fourth-order valence-corrected chi connectivity index (χ4v) is 1.45. The Labute approximate surface area is 95.0 Å². The van der Waals surface area contributed by atoms with Gasteiger partial charge in [-0.05, 0) is 25.1 Å². The lowest BCUT2D eigenvalue weighted by molar-refractivity contribution is -0.153. The Kier molecular flexibility index (Phi) is 4.23. The van der Waals surface area contributed by atoms with Crippen LogP contribution < -0.4 is 0 Å². The van der Waals surface area contributed by atoms with Gasteiger partial charge in [0.25, 0.3) is 0 Å². The summed E-state index contributed by atoms with van der Waals surface area (Å²) >= 11 is 3.12. The molecule has 0 bridgehead atoms. The van der Waals surface area contributed by atoms with E-state index < -0.39 is 17.9 Å². The zero-order valence-corrected chi connectivity index (χ0v) is 9.62. The molecule has 0 saturated carbocycles. The molecule has 1 aromatic rings. The van der Waals surface area contributed by atoms with Crippen LogP contribution in [0.25, 0.3) is 0 Å². The maximum absolute atomic E-state index is 13.2. The summed E-state index contributed by atoms with van der Waals surface area (Å²) in [5, 5.41) is 9.49. The molecule has 15 heavy (non-hydrogen) atoms. The van der Waals surface area contributed by atoms with Crippen molar-refractivity contribution in [3.8, 4) is 0 Å². The molecule has 0 fully saturated rings. The highest BCUT2D eigenvalue weighted by atomic mass is 79.9. The summed E-state index contributed by atoms with van der Waals surface area (Å²) in [6.45, 7) is 1.76. The molecule has 0 spiro atoms. The molecule has 0 aliphatic carbocycles.